The lowest BCUT2D eigenvalue weighted by molar-refractivity contribution is -0.123. The van der Waals surface area contributed by atoms with Crippen LogP contribution in [0.1, 0.15) is 63.5 Å². The predicted molar refractivity (Wildman–Crippen MR) is 102 cm³/mol. The molecule has 1 heterocycles. The van der Waals surface area contributed by atoms with Crippen LogP contribution in [-0.2, 0) is 4.79 Å². The van der Waals surface area contributed by atoms with Gasteiger partial charge in [0.05, 0.1) is 0 Å². The van der Waals surface area contributed by atoms with Crippen LogP contribution in [0.5, 0.6) is 0 Å². The summed E-state index contributed by atoms with van der Waals surface area (Å²) in [5.41, 5.74) is 1.36. The molecule has 1 saturated carbocycles. The van der Waals surface area contributed by atoms with Gasteiger partial charge in [0, 0.05) is 36.1 Å². The number of carbonyl (C=O) groups excluding carboxylic acids is 1. The van der Waals surface area contributed by atoms with Gasteiger partial charge >= 0.3 is 0 Å². The summed E-state index contributed by atoms with van der Waals surface area (Å²) in [4.78, 5) is 14.7. The van der Waals surface area contributed by atoms with Crippen LogP contribution >= 0.6 is 15.9 Å². The van der Waals surface area contributed by atoms with E-state index < -0.39 is 0 Å². The van der Waals surface area contributed by atoms with Crippen molar-refractivity contribution in [2.24, 2.45) is 5.92 Å². The number of benzene rings is 1. The van der Waals surface area contributed by atoms with E-state index in [4.69, 9.17) is 0 Å². The SMILES string of the molecule is CC(c1ccc(Br)cc1)N1CCC(NC(=O)CC2CCCC2)CC1. The molecule has 2 fully saturated rings. The Morgan fingerprint density at radius 3 is 2.42 bits per heavy atom. The van der Waals surface area contributed by atoms with Crippen molar-refractivity contribution in [1.29, 1.82) is 0 Å². The molecule has 0 bridgehead atoms. The molecule has 24 heavy (non-hydrogen) atoms. The molecule has 3 nitrogen and oxygen atoms in total. The molecule has 1 saturated heterocycles. The van der Waals surface area contributed by atoms with Crippen LogP contribution in [0, 0.1) is 5.92 Å². The number of nitrogens with zero attached hydrogens (tertiary/aromatic N) is 1. The summed E-state index contributed by atoms with van der Waals surface area (Å²) in [6, 6.07) is 9.43. The highest BCUT2D eigenvalue weighted by Gasteiger charge is 2.25. The van der Waals surface area contributed by atoms with Crippen LogP contribution in [0.4, 0.5) is 0 Å². The van der Waals surface area contributed by atoms with Crippen molar-refractivity contribution in [3.63, 3.8) is 0 Å². The van der Waals surface area contributed by atoms with Gasteiger partial charge in [-0.25, -0.2) is 0 Å². The van der Waals surface area contributed by atoms with Crippen molar-refractivity contribution >= 4 is 21.8 Å². The third-order valence-corrected chi connectivity index (χ3v) is 6.27. The maximum Gasteiger partial charge on any atom is 0.220 e. The van der Waals surface area contributed by atoms with Crippen LogP contribution in [0.3, 0.4) is 0 Å². The molecule has 1 unspecified atom stereocenters. The molecular formula is C20H29BrN2O. The lowest BCUT2D eigenvalue weighted by atomic mass is 9.99. The lowest BCUT2D eigenvalue weighted by Gasteiger charge is -2.36. The summed E-state index contributed by atoms with van der Waals surface area (Å²) in [5, 5.41) is 3.28. The lowest BCUT2D eigenvalue weighted by Crippen LogP contribution is -2.45. The van der Waals surface area contributed by atoms with Crippen molar-refractivity contribution < 1.29 is 4.79 Å². The number of hydrogen-bond donors (Lipinski definition) is 1. The Morgan fingerprint density at radius 2 is 1.79 bits per heavy atom. The van der Waals surface area contributed by atoms with E-state index in [1.165, 1.54) is 31.2 Å². The van der Waals surface area contributed by atoms with E-state index in [0.29, 0.717) is 18.0 Å². The molecule has 2 aliphatic rings. The molecule has 1 aliphatic heterocycles. The molecule has 1 N–H and O–H groups in total. The highest BCUT2D eigenvalue weighted by atomic mass is 79.9. The molecule has 0 aromatic heterocycles. The summed E-state index contributed by atoms with van der Waals surface area (Å²) in [7, 11) is 0. The summed E-state index contributed by atoms with van der Waals surface area (Å²) in [6.45, 7) is 4.40. The van der Waals surface area contributed by atoms with Gasteiger partial charge in [-0.2, -0.15) is 0 Å². The van der Waals surface area contributed by atoms with Gasteiger partial charge in [-0.1, -0.05) is 40.9 Å². The maximum atomic E-state index is 12.2. The second kappa shape index (κ2) is 8.48. The normalized spacial score (nSPS) is 21.8. The fourth-order valence-corrected chi connectivity index (χ4v) is 4.41. The minimum absolute atomic E-state index is 0.279. The molecule has 1 aromatic carbocycles. The standard InChI is InChI=1S/C20H29BrN2O/c1-15(17-6-8-18(21)9-7-17)23-12-10-19(11-13-23)22-20(24)14-16-4-2-3-5-16/h6-9,15-16,19H,2-5,10-14H2,1H3,(H,22,24). The number of piperidine rings is 1. The zero-order valence-electron chi connectivity index (χ0n) is 14.6. The Kier molecular flexibility index (Phi) is 6.34. The fraction of sp³-hybridized carbons (Fsp3) is 0.650. The van der Waals surface area contributed by atoms with Crippen molar-refractivity contribution in [2.75, 3.05) is 13.1 Å². The van der Waals surface area contributed by atoms with E-state index in [0.717, 1.165) is 36.8 Å². The summed E-state index contributed by atoms with van der Waals surface area (Å²) in [6.07, 6.45) is 7.99. The van der Waals surface area contributed by atoms with Gasteiger partial charge in [-0.05, 0) is 56.2 Å². The van der Waals surface area contributed by atoms with Crippen LogP contribution < -0.4 is 5.32 Å². The predicted octanol–water partition coefficient (Wildman–Crippen LogP) is 4.67. The summed E-state index contributed by atoms with van der Waals surface area (Å²) < 4.78 is 1.13. The minimum Gasteiger partial charge on any atom is -0.353 e. The minimum atomic E-state index is 0.279. The number of amides is 1. The smallest absolute Gasteiger partial charge is 0.220 e. The van der Waals surface area contributed by atoms with Gasteiger partial charge in [0.25, 0.3) is 0 Å². The topological polar surface area (TPSA) is 32.3 Å². The van der Waals surface area contributed by atoms with E-state index in [1.54, 1.807) is 0 Å². The Morgan fingerprint density at radius 1 is 1.17 bits per heavy atom. The number of hydrogen-bond acceptors (Lipinski definition) is 2. The van der Waals surface area contributed by atoms with E-state index in [2.05, 4.69) is 57.3 Å². The molecule has 0 radical (unpaired) electrons. The number of halogens is 1. The average molecular weight is 393 g/mol. The van der Waals surface area contributed by atoms with Crippen molar-refractivity contribution in [2.45, 2.75) is 64.0 Å². The summed E-state index contributed by atoms with van der Waals surface area (Å²) >= 11 is 3.50. The molecule has 1 amide bonds. The van der Waals surface area contributed by atoms with Gasteiger partial charge in [-0.15, -0.1) is 0 Å². The molecule has 1 atom stereocenters. The Labute approximate surface area is 154 Å². The van der Waals surface area contributed by atoms with E-state index in [-0.39, 0.29) is 5.91 Å². The summed E-state index contributed by atoms with van der Waals surface area (Å²) in [5.74, 6) is 0.920. The van der Waals surface area contributed by atoms with Gasteiger partial charge in [-0.3, -0.25) is 9.69 Å². The quantitative estimate of drug-likeness (QED) is 0.789. The maximum absolute atomic E-state index is 12.2. The molecule has 0 spiro atoms. The first-order valence-electron chi connectivity index (χ1n) is 9.40. The molecule has 4 heteroatoms. The first kappa shape index (κ1) is 17.9. The first-order valence-corrected chi connectivity index (χ1v) is 10.2. The van der Waals surface area contributed by atoms with E-state index in [9.17, 15) is 4.79 Å². The Bertz CT molecular complexity index is 531. The molecule has 1 aliphatic carbocycles. The zero-order chi connectivity index (χ0) is 16.9. The van der Waals surface area contributed by atoms with Gasteiger partial charge in [0.2, 0.25) is 5.91 Å². The Balaban J connectivity index is 1.43. The van der Waals surface area contributed by atoms with Gasteiger partial charge < -0.3 is 5.32 Å². The number of carbonyl (C=O) groups is 1. The van der Waals surface area contributed by atoms with Crippen LogP contribution in [0.25, 0.3) is 0 Å². The zero-order valence-corrected chi connectivity index (χ0v) is 16.2. The van der Waals surface area contributed by atoms with E-state index >= 15 is 0 Å². The van der Waals surface area contributed by atoms with Crippen molar-refractivity contribution in [3.8, 4) is 0 Å². The van der Waals surface area contributed by atoms with Crippen LogP contribution in [0.2, 0.25) is 0 Å². The largest absolute Gasteiger partial charge is 0.353 e. The van der Waals surface area contributed by atoms with Gasteiger partial charge in [0.15, 0.2) is 0 Å². The number of likely N-dealkylation sites (tertiary alicyclic amines) is 1. The van der Waals surface area contributed by atoms with Crippen molar-refractivity contribution in [3.05, 3.63) is 34.3 Å². The monoisotopic (exact) mass is 392 g/mol. The number of nitrogens with one attached hydrogen (secondary N) is 1. The first-order chi connectivity index (χ1) is 11.6. The van der Waals surface area contributed by atoms with E-state index in [1.807, 2.05) is 0 Å². The van der Waals surface area contributed by atoms with Crippen LogP contribution in [-0.4, -0.2) is 29.9 Å². The fourth-order valence-electron chi connectivity index (χ4n) is 4.15. The highest BCUT2D eigenvalue weighted by Crippen LogP contribution is 2.28. The number of rotatable bonds is 5. The van der Waals surface area contributed by atoms with Crippen LogP contribution in [0.15, 0.2) is 28.7 Å². The van der Waals surface area contributed by atoms with Gasteiger partial charge in [0.1, 0.15) is 0 Å². The average Bonchev–Trinajstić information content (AvgIpc) is 3.08. The third kappa shape index (κ3) is 4.82. The molecule has 132 valence electrons. The second-order valence-corrected chi connectivity index (χ2v) is 8.38. The second-order valence-electron chi connectivity index (χ2n) is 7.46. The molecular weight excluding hydrogens is 364 g/mol. The molecule has 1 aromatic rings. The molecule has 3 rings (SSSR count). The van der Waals surface area contributed by atoms with Crippen molar-refractivity contribution in [1.82, 2.24) is 10.2 Å². The highest BCUT2D eigenvalue weighted by molar-refractivity contribution is 9.10. The third-order valence-electron chi connectivity index (χ3n) is 5.74. The Hall–Kier alpha value is -0.870.